The second-order valence-electron chi connectivity index (χ2n) is 6.46. The maximum atomic E-state index is 12.7. The summed E-state index contributed by atoms with van der Waals surface area (Å²) in [4.78, 5) is 25.0. The first kappa shape index (κ1) is 18.1. The maximum Gasteiger partial charge on any atom is 0.270 e. The summed E-state index contributed by atoms with van der Waals surface area (Å²) in [6.07, 6.45) is 2.09. The van der Waals surface area contributed by atoms with Crippen LogP contribution in [0.25, 0.3) is 0 Å². The van der Waals surface area contributed by atoms with Gasteiger partial charge in [0.05, 0.1) is 19.3 Å². The van der Waals surface area contributed by atoms with E-state index in [4.69, 9.17) is 15.2 Å². The molecule has 0 bridgehead atoms. The van der Waals surface area contributed by atoms with Gasteiger partial charge in [-0.2, -0.15) is 0 Å². The highest BCUT2D eigenvalue weighted by Gasteiger charge is 2.30. The summed E-state index contributed by atoms with van der Waals surface area (Å²) < 4.78 is 11.4. The number of carbonyl (C=O) groups excluding carboxylic acids is 1. The number of hydrogen-bond acceptors (Lipinski definition) is 7. The second kappa shape index (κ2) is 8.09. The Bertz CT molecular complexity index is 754. The lowest BCUT2D eigenvalue weighted by Gasteiger charge is -2.32. The first-order valence-electron chi connectivity index (χ1n) is 8.63. The van der Waals surface area contributed by atoms with Crippen molar-refractivity contribution in [1.82, 2.24) is 20.3 Å². The predicted octanol–water partition coefficient (Wildman–Crippen LogP) is 1.54. The zero-order valence-electron chi connectivity index (χ0n) is 14.9. The van der Waals surface area contributed by atoms with Crippen molar-refractivity contribution in [2.24, 2.45) is 0 Å². The molecule has 0 radical (unpaired) electrons. The molecule has 0 aliphatic carbocycles. The number of aromatic nitrogens is 3. The van der Waals surface area contributed by atoms with E-state index in [2.05, 4.69) is 20.3 Å². The summed E-state index contributed by atoms with van der Waals surface area (Å²) in [6, 6.07) is 6.81. The van der Waals surface area contributed by atoms with Crippen LogP contribution in [0.15, 0.2) is 30.5 Å². The van der Waals surface area contributed by atoms with Crippen LogP contribution in [-0.4, -0.2) is 46.2 Å². The van der Waals surface area contributed by atoms with Crippen LogP contribution < -0.4 is 15.8 Å². The van der Waals surface area contributed by atoms with E-state index in [-0.39, 0.29) is 35.6 Å². The molecule has 0 spiro atoms. The Labute approximate surface area is 152 Å². The fraction of sp³-hybridized carbons (Fsp3) is 0.444. The molecule has 1 saturated heterocycles. The highest BCUT2D eigenvalue weighted by atomic mass is 16.5. The predicted molar refractivity (Wildman–Crippen MR) is 95.9 cm³/mol. The fourth-order valence-electron chi connectivity index (χ4n) is 2.71. The van der Waals surface area contributed by atoms with Gasteiger partial charge in [0.25, 0.3) is 5.91 Å². The monoisotopic (exact) mass is 357 g/mol. The normalized spacial score (nSPS) is 20.0. The number of nitrogens with one attached hydrogen (secondary N) is 1. The molecular weight excluding hydrogens is 334 g/mol. The van der Waals surface area contributed by atoms with E-state index < -0.39 is 0 Å². The quantitative estimate of drug-likeness (QED) is 0.834. The summed E-state index contributed by atoms with van der Waals surface area (Å²) in [5.74, 6) is 0.422. The van der Waals surface area contributed by atoms with Gasteiger partial charge in [-0.25, -0.2) is 15.0 Å². The van der Waals surface area contributed by atoms with Crippen molar-refractivity contribution < 1.29 is 14.3 Å². The lowest BCUT2D eigenvalue weighted by atomic mass is 10.1. The summed E-state index contributed by atoms with van der Waals surface area (Å²) >= 11 is 0. The molecule has 8 heteroatoms. The number of pyridine rings is 1. The molecule has 1 amide bonds. The lowest BCUT2D eigenvalue weighted by Crippen LogP contribution is -2.52. The largest absolute Gasteiger partial charge is 0.472 e. The number of nitrogen functional groups attached to an aromatic ring is 1. The van der Waals surface area contributed by atoms with Crippen LogP contribution in [0.2, 0.25) is 0 Å². The minimum Gasteiger partial charge on any atom is -0.472 e. The smallest absolute Gasteiger partial charge is 0.270 e. The van der Waals surface area contributed by atoms with E-state index in [1.54, 1.807) is 18.3 Å². The number of hydrogen-bond donors (Lipinski definition) is 2. The van der Waals surface area contributed by atoms with Gasteiger partial charge in [0, 0.05) is 24.4 Å². The number of amides is 1. The van der Waals surface area contributed by atoms with Gasteiger partial charge in [0.2, 0.25) is 11.8 Å². The average Bonchev–Trinajstić information content (AvgIpc) is 2.63. The van der Waals surface area contributed by atoms with Gasteiger partial charge in [0.1, 0.15) is 11.8 Å². The van der Waals surface area contributed by atoms with Crippen LogP contribution in [0.5, 0.6) is 5.88 Å². The Kier molecular flexibility index (Phi) is 5.62. The van der Waals surface area contributed by atoms with Crippen molar-refractivity contribution in [2.75, 3.05) is 18.9 Å². The summed E-state index contributed by atoms with van der Waals surface area (Å²) in [5.41, 5.74) is 6.70. The molecule has 1 aliphatic rings. The Morgan fingerprint density at radius 1 is 1.38 bits per heavy atom. The van der Waals surface area contributed by atoms with Crippen LogP contribution in [0.3, 0.4) is 0 Å². The molecule has 3 heterocycles. The number of anilines is 1. The van der Waals surface area contributed by atoms with E-state index in [0.29, 0.717) is 25.5 Å². The Morgan fingerprint density at radius 2 is 2.23 bits per heavy atom. The molecular formula is C18H23N5O3. The number of nitrogens with zero attached hydrogens (tertiary/aromatic N) is 3. The van der Waals surface area contributed by atoms with E-state index in [1.807, 2.05) is 26.0 Å². The number of nitrogens with two attached hydrogens (primary N) is 1. The van der Waals surface area contributed by atoms with Gasteiger partial charge in [-0.05, 0) is 18.1 Å². The van der Waals surface area contributed by atoms with Gasteiger partial charge >= 0.3 is 0 Å². The van der Waals surface area contributed by atoms with Gasteiger partial charge in [-0.15, -0.1) is 0 Å². The minimum atomic E-state index is -0.328. The van der Waals surface area contributed by atoms with Crippen molar-refractivity contribution in [3.63, 3.8) is 0 Å². The number of ether oxygens (including phenoxy) is 2. The molecule has 3 N–H and O–H groups in total. The van der Waals surface area contributed by atoms with E-state index in [1.165, 1.54) is 0 Å². The van der Waals surface area contributed by atoms with Crippen molar-refractivity contribution >= 4 is 11.9 Å². The zero-order chi connectivity index (χ0) is 18.5. The van der Waals surface area contributed by atoms with E-state index in [9.17, 15) is 4.79 Å². The molecule has 0 unspecified atom stereocenters. The maximum absolute atomic E-state index is 12.7. The average molecular weight is 357 g/mol. The number of rotatable bonds is 5. The molecule has 1 fully saturated rings. The van der Waals surface area contributed by atoms with Crippen LogP contribution in [0, 0.1) is 0 Å². The van der Waals surface area contributed by atoms with Crippen LogP contribution in [-0.2, 0) is 4.74 Å². The molecule has 0 aromatic carbocycles. The highest BCUT2D eigenvalue weighted by Crippen LogP contribution is 2.17. The van der Waals surface area contributed by atoms with Crippen LogP contribution >= 0.6 is 0 Å². The Hall–Kier alpha value is -2.74. The molecule has 138 valence electrons. The minimum absolute atomic E-state index is 0.0857. The van der Waals surface area contributed by atoms with Gasteiger partial charge < -0.3 is 20.5 Å². The Morgan fingerprint density at radius 3 is 2.96 bits per heavy atom. The molecule has 26 heavy (non-hydrogen) atoms. The summed E-state index contributed by atoms with van der Waals surface area (Å²) in [5, 5.41) is 2.94. The SMILES string of the molecule is CC(C)c1cc(C(=O)N[C@@H]2COCC[C@H]2Oc2ccccn2)nc(N)n1. The molecule has 1 aliphatic heterocycles. The third kappa shape index (κ3) is 4.45. The summed E-state index contributed by atoms with van der Waals surface area (Å²) in [6.45, 7) is 4.90. The zero-order valence-corrected chi connectivity index (χ0v) is 14.9. The molecule has 2 atom stereocenters. The van der Waals surface area contributed by atoms with Gasteiger partial charge in [0.15, 0.2) is 0 Å². The first-order chi connectivity index (χ1) is 12.5. The molecule has 8 nitrogen and oxygen atoms in total. The standard InChI is InChI=1S/C18H23N5O3/c1-11(2)12-9-13(23-18(19)22-12)17(24)21-14-10-25-8-6-15(14)26-16-5-3-4-7-20-16/h3-5,7,9,11,14-15H,6,8,10H2,1-2H3,(H,21,24)(H2,19,22,23)/t14-,15-/m1/s1. The molecule has 3 rings (SSSR count). The summed E-state index contributed by atoms with van der Waals surface area (Å²) in [7, 11) is 0. The molecule has 2 aromatic heterocycles. The lowest BCUT2D eigenvalue weighted by molar-refractivity contribution is -0.00454. The Balaban J connectivity index is 1.72. The van der Waals surface area contributed by atoms with Crippen molar-refractivity contribution in [3.8, 4) is 5.88 Å². The first-order valence-corrected chi connectivity index (χ1v) is 8.63. The van der Waals surface area contributed by atoms with Gasteiger partial charge in [-0.1, -0.05) is 19.9 Å². The van der Waals surface area contributed by atoms with Crippen LogP contribution in [0.1, 0.15) is 42.4 Å². The van der Waals surface area contributed by atoms with E-state index in [0.717, 1.165) is 5.69 Å². The number of carbonyl (C=O) groups is 1. The van der Waals surface area contributed by atoms with Crippen LogP contribution in [0.4, 0.5) is 5.95 Å². The fourth-order valence-corrected chi connectivity index (χ4v) is 2.71. The topological polar surface area (TPSA) is 112 Å². The molecule has 2 aromatic rings. The highest BCUT2D eigenvalue weighted by molar-refractivity contribution is 5.92. The third-order valence-corrected chi connectivity index (χ3v) is 4.11. The van der Waals surface area contributed by atoms with Crippen molar-refractivity contribution in [1.29, 1.82) is 0 Å². The third-order valence-electron chi connectivity index (χ3n) is 4.11. The molecule has 0 saturated carbocycles. The van der Waals surface area contributed by atoms with Crippen molar-refractivity contribution in [2.45, 2.75) is 38.3 Å². The second-order valence-corrected chi connectivity index (χ2v) is 6.46. The van der Waals surface area contributed by atoms with E-state index >= 15 is 0 Å². The van der Waals surface area contributed by atoms with Gasteiger partial charge in [-0.3, -0.25) is 4.79 Å². The van der Waals surface area contributed by atoms with Crippen molar-refractivity contribution in [3.05, 3.63) is 41.9 Å².